The summed E-state index contributed by atoms with van der Waals surface area (Å²) in [5.41, 5.74) is 0. The number of hydrogen-bond donors (Lipinski definition) is 0. The van der Waals surface area contributed by atoms with Crippen LogP contribution in [-0.2, 0) is 0 Å². The second kappa shape index (κ2) is 5.41. The summed E-state index contributed by atoms with van der Waals surface area (Å²) in [4.78, 5) is 2.31. The highest BCUT2D eigenvalue weighted by Gasteiger charge is 2.17. The van der Waals surface area contributed by atoms with E-state index < -0.39 is 7.42 Å². The van der Waals surface area contributed by atoms with Crippen molar-refractivity contribution in [3.8, 4) is 0 Å². The van der Waals surface area contributed by atoms with Crippen LogP contribution in [0.5, 0.6) is 0 Å². The van der Waals surface area contributed by atoms with Crippen LogP contribution in [0.3, 0.4) is 0 Å². The summed E-state index contributed by atoms with van der Waals surface area (Å²) >= 11 is 11.6. The van der Waals surface area contributed by atoms with Crippen molar-refractivity contribution in [1.29, 1.82) is 0 Å². The molecular weight excluding hydrogens is 197 g/mol. The summed E-state index contributed by atoms with van der Waals surface area (Å²) in [6.07, 6.45) is 0.850. The average molecular weight is 213 g/mol. The topological polar surface area (TPSA) is 3.24 Å². The van der Waals surface area contributed by atoms with Crippen LogP contribution < -0.4 is 0 Å². The van der Waals surface area contributed by atoms with Crippen molar-refractivity contribution in [3.63, 3.8) is 0 Å². The van der Waals surface area contributed by atoms with Gasteiger partial charge < -0.3 is 0 Å². The molecule has 0 aromatic heterocycles. The summed E-state index contributed by atoms with van der Waals surface area (Å²) < 4.78 is 0. The minimum Gasteiger partial charge on any atom is -0.299 e. The first-order valence-electron chi connectivity index (χ1n) is 3.87. The molecule has 67 valence electrons. The summed E-state index contributed by atoms with van der Waals surface area (Å²) in [5.74, 6) is 0. The zero-order valence-electron chi connectivity index (χ0n) is 7.56. The van der Waals surface area contributed by atoms with E-state index in [0.717, 1.165) is 6.17 Å². The Morgan fingerprint density at radius 3 is 1.55 bits per heavy atom. The second-order valence-corrected chi connectivity index (χ2v) is 7.51. The molecule has 11 heavy (non-hydrogen) atoms. The average Bonchev–Trinajstić information content (AvgIpc) is 1.81. The van der Waals surface area contributed by atoms with Crippen molar-refractivity contribution in [3.05, 3.63) is 0 Å². The summed E-state index contributed by atoms with van der Waals surface area (Å²) in [7, 11) is -1.15. The van der Waals surface area contributed by atoms with Gasteiger partial charge in [-0.25, -0.2) is 0 Å². The smallest absolute Gasteiger partial charge is 0.288 e. The Labute approximate surface area is 80.7 Å². The molecule has 0 N–H and O–H groups in total. The Hall–Kier alpha value is 0.757. The van der Waals surface area contributed by atoms with Gasteiger partial charge in [-0.15, -0.1) is 22.2 Å². The quantitative estimate of drug-likeness (QED) is 0.512. The number of nitrogens with zero attached hydrogens (tertiary/aromatic N) is 1. The van der Waals surface area contributed by atoms with Gasteiger partial charge in [0.2, 0.25) is 0 Å². The van der Waals surface area contributed by atoms with E-state index in [1.807, 2.05) is 0 Å². The number of halogens is 2. The largest absolute Gasteiger partial charge is 0.299 e. The zero-order chi connectivity index (χ0) is 9.02. The van der Waals surface area contributed by atoms with Crippen molar-refractivity contribution in [2.75, 3.05) is 6.17 Å². The van der Waals surface area contributed by atoms with E-state index in [0.29, 0.717) is 12.1 Å². The highest BCUT2D eigenvalue weighted by atomic mass is 35.7. The molecule has 0 aromatic carbocycles. The molecule has 0 aliphatic heterocycles. The molecule has 0 spiro atoms. The van der Waals surface area contributed by atoms with Gasteiger partial charge in [-0.1, -0.05) is 0 Å². The van der Waals surface area contributed by atoms with Crippen LogP contribution in [0.1, 0.15) is 27.7 Å². The molecule has 4 heteroatoms. The molecule has 0 atom stereocenters. The summed E-state index contributed by atoms with van der Waals surface area (Å²) in [6.45, 7) is 8.66. The third kappa shape index (κ3) is 5.07. The van der Waals surface area contributed by atoms with Crippen LogP contribution in [0.25, 0.3) is 0 Å². The van der Waals surface area contributed by atoms with Crippen LogP contribution in [0.15, 0.2) is 0 Å². The summed E-state index contributed by atoms with van der Waals surface area (Å²) in [6, 6.07) is 1.07. The Morgan fingerprint density at radius 2 is 1.45 bits per heavy atom. The standard InChI is InChI=1S/C7H16Cl2NSi/c1-6(2)10(7(3)4)5-11(8)9/h6-7H,5H2,1-4H3. The van der Waals surface area contributed by atoms with Gasteiger partial charge in [0.25, 0.3) is 7.42 Å². The lowest BCUT2D eigenvalue weighted by Crippen LogP contribution is -2.41. The first-order valence-corrected chi connectivity index (χ1v) is 7.60. The van der Waals surface area contributed by atoms with E-state index in [9.17, 15) is 0 Å². The Bertz CT molecular complexity index is 98.6. The number of rotatable bonds is 4. The lowest BCUT2D eigenvalue weighted by atomic mass is 10.2. The SMILES string of the molecule is CC(C)N(C[Si](Cl)Cl)C(C)C. The van der Waals surface area contributed by atoms with E-state index in [4.69, 9.17) is 22.2 Å². The van der Waals surface area contributed by atoms with E-state index >= 15 is 0 Å². The van der Waals surface area contributed by atoms with Gasteiger partial charge in [-0.3, -0.25) is 4.90 Å². The van der Waals surface area contributed by atoms with E-state index in [1.165, 1.54) is 0 Å². The molecule has 1 nitrogen and oxygen atoms in total. The fourth-order valence-corrected chi connectivity index (χ4v) is 2.93. The van der Waals surface area contributed by atoms with Gasteiger partial charge in [0.05, 0.1) is 0 Å². The third-order valence-corrected chi connectivity index (χ3v) is 2.95. The Balaban J connectivity index is 3.90. The maximum absolute atomic E-state index is 5.79. The predicted molar refractivity (Wildman–Crippen MR) is 54.4 cm³/mol. The molecule has 0 bridgehead atoms. The van der Waals surface area contributed by atoms with Crippen molar-refractivity contribution in [1.82, 2.24) is 4.90 Å². The Kier molecular flexibility index (Phi) is 5.78. The van der Waals surface area contributed by atoms with E-state index in [1.54, 1.807) is 0 Å². The van der Waals surface area contributed by atoms with Crippen LogP contribution in [0, 0.1) is 0 Å². The van der Waals surface area contributed by atoms with Crippen molar-refractivity contribution in [2.45, 2.75) is 39.8 Å². The minimum atomic E-state index is -1.15. The number of hydrogen-bond acceptors (Lipinski definition) is 1. The summed E-state index contributed by atoms with van der Waals surface area (Å²) in [5, 5.41) is 0. The van der Waals surface area contributed by atoms with Gasteiger partial charge in [-0.05, 0) is 27.7 Å². The fraction of sp³-hybridized carbons (Fsp3) is 1.00. The first-order chi connectivity index (χ1) is 4.95. The maximum atomic E-state index is 5.79. The first kappa shape index (κ1) is 11.8. The van der Waals surface area contributed by atoms with E-state index in [-0.39, 0.29) is 0 Å². The minimum absolute atomic E-state index is 0.535. The molecule has 0 fully saturated rings. The molecule has 0 amide bonds. The molecular formula is C7H16Cl2NSi. The molecule has 0 aliphatic rings. The van der Waals surface area contributed by atoms with Gasteiger partial charge in [-0.2, -0.15) is 0 Å². The molecule has 0 heterocycles. The van der Waals surface area contributed by atoms with Gasteiger partial charge in [0.15, 0.2) is 0 Å². The highest BCUT2D eigenvalue weighted by Crippen LogP contribution is 2.08. The second-order valence-electron chi connectivity index (χ2n) is 3.20. The Morgan fingerprint density at radius 1 is 1.09 bits per heavy atom. The van der Waals surface area contributed by atoms with Gasteiger partial charge in [0, 0.05) is 18.3 Å². The van der Waals surface area contributed by atoms with Crippen LogP contribution in [0.2, 0.25) is 0 Å². The van der Waals surface area contributed by atoms with Crippen molar-refractivity contribution < 1.29 is 0 Å². The molecule has 0 saturated heterocycles. The molecule has 0 unspecified atom stereocenters. The highest BCUT2D eigenvalue weighted by molar-refractivity contribution is 7.33. The normalized spacial score (nSPS) is 12.5. The molecule has 0 saturated carbocycles. The molecule has 0 aliphatic carbocycles. The van der Waals surface area contributed by atoms with Crippen LogP contribution in [0.4, 0.5) is 0 Å². The monoisotopic (exact) mass is 212 g/mol. The predicted octanol–water partition coefficient (Wildman–Crippen LogP) is 2.61. The lowest BCUT2D eigenvalue weighted by Gasteiger charge is -2.30. The van der Waals surface area contributed by atoms with Crippen LogP contribution >= 0.6 is 22.2 Å². The zero-order valence-corrected chi connectivity index (χ0v) is 10.1. The fourth-order valence-electron chi connectivity index (χ4n) is 1.10. The molecule has 0 rings (SSSR count). The van der Waals surface area contributed by atoms with E-state index in [2.05, 4.69) is 32.6 Å². The van der Waals surface area contributed by atoms with Crippen molar-refractivity contribution in [2.24, 2.45) is 0 Å². The maximum Gasteiger partial charge on any atom is 0.288 e. The van der Waals surface area contributed by atoms with Gasteiger partial charge >= 0.3 is 0 Å². The van der Waals surface area contributed by atoms with Crippen molar-refractivity contribution >= 4 is 29.6 Å². The van der Waals surface area contributed by atoms with Crippen LogP contribution in [-0.4, -0.2) is 30.6 Å². The molecule has 1 radical (unpaired) electrons. The molecule has 0 aromatic rings. The lowest BCUT2D eigenvalue weighted by molar-refractivity contribution is 0.207. The third-order valence-electron chi connectivity index (χ3n) is 1.63. The van der Waals surface area contributed by atoms with Gasteiger partial charge in [0.1, 0.15) is 0 Å².